The van der Waals surface area contributed by atoms with E-state index in [1.807, 2.05) is 12.1 Å². The van der Waals surface area contributed by atoms with Gasteiger partial charge in [0.2, 0.25) is 5.76 Å². The summed E-state index contributed by atoms with van der Waals surface area (Å²) in [5.41, 5.74) is 1.69. The molecular formula is C12H9ClO3. The Balaban J connectivity index is 2.35. The number of furan rings is 1. The van der Waals surface area contributed by atoms with E-state index in [9.17, 15) is 4.79 Å². The van der Waals surface area contributed by atoms with E-state index in [1.54, 1.807) is 18.2 Å². The van der Waals surface area contributed by atoms with E-state index in [4.69, 9.17) is 16.0 Å². The van der Waals surface area contributed by atoms with E-state index in [0.29, 0.717) is 5.02 Å². The number of benzene rings is 1. The summed E-state index contributed by atoms with van der Waals surface area (Å²) < 4.78 is 9.64. The number of rotatable bonds is 2. The molecule has 16 heavy (non-hydrogen) atoms. The molecule has 1 aromatic heterocycles. The molecule has 0 radical (unpaired) electrons. The van der Waals surface area contributed by atoms with Crippen LogP contribution in [0.5, 0.6) is 0 Å². The number of ether oxygens (including phenoxy) is 1. The van der Waals surface area contributed by atoms with Crippen LogP contribution in [0.3, 0.4) is 0 Å². The summed E-state index contributed by atoms with van der Waals surface area (Å²) in [6.45, 7) is 0. The second-order valence-electron chi connectivity index (χ2n) is 3.20. The first-order valence-corrected chi connectivity index (χ1v) is 5.01. The molecule has 0 unspecified atom stereocenters. The van der Waals surface area contributed by atoms with E-state index in [2.05, 4.69) is 4.74 Å². The van der Waals surface area contributed by atoms with Crippen molar-refractivity contribution >= 4 is 17.6 Å². The Morgan fingerprint density at radius 3 is 2.81 bits per heavy atom. The molecule has 3 nitrogen and oxygen atoms in total. The lowest BCUT2D eigenvalue weighted by Gasteiger charge is -1.96. The monoisotopic (exact) mass is 236 g/mol. The van der Waals surface area contributed by atoms with E-state index in [1.165, 1.54) is 13.4 Å². The Labute approximate surface area is 97.6 Å². The van der Waals surface area contributed by atoms with Crippen LogP contribution in [0.1, 0.15) is 10.6 Å². The van der Waals surface area contributed by atoms with Crippen molar-refractivity contribution in [2.45, 2.75) is 0 Å². The van der Waals surface area contributed by atoms with Gasteiger partial charge in [-0.25, -0.2) is 4.79 Å². The normalized spacial score (nSPS) is 10.1. The van der Waals surface area contributed by atoms with Gasteiger partial charge in [-0.3, -0.25) is 0 Å². The maximum Gasteiger partial charge on any atom is 0.373 e. The van der Waals surface area contributed by atoms with Gasteiger partial charge in [-0.05, 0) is 23.8 Å². The van der Waals surface area contributed by atoms with Gasteiger partial charge >= 0.3 is 5.97 Å². The van der Waals surface area contributed by atoms with Gasteiger partial charge in [0.25, 0.3) is 0 Å². The average Bonchev–Trinajstić information content (AvgIpc) is 2.77. The first-order chi connectivity index (χ1) is 7.70. The van der Waals surface area contributed by atoms with Crippen LogP contribution in [0, 0.1) is 0 Å². The zero-order valence-electron chi connectivity index (χ0n) is 8.57. The molecule has 0 fully saturated rings. The molecule has 0 saturated carbocycles. The average molecular weight is 237 g/mol. The summed E-state index contributed by atoms with van der Waals surface area (Å²) in [4.78, 5) is 11.2. The molecule has 0 amide bonds. The molecule has 0 aliphatic carbocycles. The highest BCUT2D eigenvalue weighted by Gasteiger charge is 2.11. The fraction of sp³-hybridized carbons (Fsp3) is 0.0833. The summed E-state index contributed by atoms with van der Waals surface area (Å²) in [5, 5.41) is 0.637. The highest BCUT2D eigenvalue weighted by atomic mass is 35.5. The third-order valence-corrected chi connectivity index (χ3v) is 2.38. The van der Waals surface area contributed by atoms with Crippen molar-refractivity contribution in [2.75, 3.05) is 7.11 Å². The van der Waals surface area contributed by atoms with Gasteiger partial charge < -0.3 is 9.15 Å². The summed E-state index contributed by atoms with van der Waals surface area (Å²) in [6.07, 6.45) is 1.50. The standard InChI is InChI=1S/C12H9ClO3/c1-15-12(14)11-6-9(7-16-11)8-3-2-4-10(13)5-8/h2-7H,1H3. The lowest BCUT2D eigenvalue weighted by atomic mass is 10.1. The fourth-order valence-corrected chi connectivity index (χ4v) is 1.55. The van der Waals surface area contributed by atoms with Crippen LogP contribution in [0.15, 0.2) is 41.0 Å². The molecule has 0 spiro atoms. The molecule has 4 heteroatoms. The van der Waals surface area contributed by atoms with E-state index in [-0.39, 0.29) is 5.76 Å². The van der Waals surface area contributed by atoms with E-state index >= 15 is 0 Å². The smallest absolute Gasteiger partial charge is 0.373 e. The molecule has 0 aliphatic heterocycles. The number of carbonyl (C=O) groups is 1. The van der Waals surface area contributed by atoms with Crippen LogP contribution in [0.4, 0.5) is 0 Å². The zero-order chi connectivity index (χ0) is 11.5. The molecule has 2 aromatic rings. The number of methoxy groups -OCH3 is 1. The number of hydrogen-bond donors (Lipinski definition) is 0. The highest BCUT2D eigenvalue weighted by molar-refractivity contribution is 6.30. The Kier molecular flexibility index (Phi) is 2.97. The van der Waals surface area contributed by atoms with Crippen LogP contribution >= 0.6 is 11.6 Å². The minimum absolute atomic E-state index is 0.178. The molecule has 0 N–H and O–H groups in total. The number of esters is 1. The quantitative estimate of drug-likeness (QED) is 0.751. The van der Waals surface area contributed by atoms with E-state index in [0.717, 1.165) is 11.1 Å². The predicted molar refractivity (Wildman–Crippen MR) is 60.5 cm³/mol. The lowest BCUT2D eigenvalue weighted by Crippen LogP contribution is -1.98. The summed E-state index contributed by atoms with van der Waals surface area (Å²) >= 11 is 5.87. The lowest BCUT2D eigenvalue weighted by molar-refractivity contribution is 0.0565. The zero-order valence-corrected chi connectivity index (χ0v) is 9.32. The van der Waals surface area contributed by atoms with Gasteiger partial charge in [0.15, 0.2) is 0 Å². The SMILES string of the molecule is COC(=O)c1cc(-c2cccc(Cl)c2)co1. The van der Waals surface area contributed by atoms with Gasteiger partial charge in [0.1, 0.15) is 0 Å². The first kappa shape index (κ1) is 10.8. The van der Waals surface area contributed by atoms with Crippen LogP contribution in [-0.4, -0.2) is 13.1 Å². The van der Waals surface area contributed by atoms with Crippen LogP contribution in [-0.2, 0) is 4.74 Å². The summed E-state index contributed by atoms with van der Waals surface area (Å²) in [5.74, 6) is -0.314. The van der Waals surface area contributed by atoms with Crippen LogP contribution < -0.4 is 0 Å². The van der Waals surface area contributed by atoms with Crippen molar-refractivity contribution in [2.24, 2.45) is 0 Å². The minimum atomic E-state index is -0.492. The molecule has 1 aromatic carbocycles. The topological polar surface area (TPSA) is 39.4 Å². The van der Waals surface area contributed by atoms with E-state index < -0.39 is 5.97 Å². The molecule has 82 valence electrons. The van der Waals surface area contributed by atoms with Crippen molar-refractivity contribution in [3.63, 3.8) is 0 Å². The molecule has 0 bridgehead atoms. The van der Waals surface area contributed by atoms with Crippen molar-refractivity contribution in [3.8, 4) is 11.1 Å². The molecule has 0 saturated heterocycles. The van der Waals surface area contributed by atoms with Crippen LogP contribution in [0.2, 0.25) is 5.02 Å². The van der Waals surface area contributed by atoms with Gasteiger partial charge in [0.05, 0.1) is 13.4 Å². The third-order valence-electron chi connectivity index (χ3n) is 2.14. The first-order valence-electron chi connectivity index (χ1n) is 4.63. The van der Waals surface area contributed by atoms with Gasteiger partial charge in [-0.1, -0.05) is 23.7 Å². The van der Waals surface area contributed by atoms with Crippen molar-refractivity contribution in [1.82, 2.24) is 0 Å². The van der Waals surface area contributed by atoms with Crippen molar-refractivity contribution in [3.05, 3.63) is 47.4 Å². The summed E-state index contributed by atoms with van der Waals surface area (Å²) in [7, 11) is 1.31. The molecule has 0 atom stereocenters. The minimum Gasteiger partial charge on any atom is -0.463 e. The highest BCUT2D eigenvalue weighted by Crippen LogP contribution is 2.24. The fourth-order valence-electron chi connectivity index (χ4n) is 1.36. The Morgan fingerprint density at radius 1 is 1.31 bits per heavy atom. The van der Waals surface area contributed by atoms with Crippen LogP contribution in [0.25, 0.3) is 11.1 Å². The maximum atomic E-state index is 11.2. The van der Waals surface area contributed by atoms with Crippen molar-refractivity contribution in [1.29, 1.82) is 0 Å². The second-order valence-corrected chi connectivity index (χ2v) is 3.64. The molecule has 1 heterocycles. The molecular weight excluding hydrogens is 228 g/mol. The van der Waals surface area contributed by atoms with Gasteiger partial charge in [0, 0.05) is 10.6 Å². The number of halogens is 1. The Hall–Kier alpha value is -1.74. The van der Waals surface area contributed by atoms with Gasteiger partial charge in [-0.2, -0.15) is 0 Å². The largest absolute Gasteiger partial charge is 0.463 e. The molecule has 2 rings (SSSR count). The predicted octanol–water partition coefficient (Wildman–Crippen LogP) is 3.39. The van der Waals surface area contributed by atoms with Gasteiger partial charge in [-0.15, -0.1) is 0 Å². The van der Waals surface area contributed by atoms with Crippen molar-refractivity contribution < 1.29 is 13.9 Å². The molecule has 0 aliphatic rings. The third kappa shape index (κ3) is 2.09. The number of hydrogen-bond acceptors (Lipinski definition) is 3. The maximum absolute atomic E-state index is 11.2. The Bertz CT molecular complexity index is 516. The second kappa shape index (κ2) is 4.41. The summed E-state index contributed by atoms with van der Waals surface area (Å²) in [6, 6.07) is 8.93. The number of carbonyl (C=O) groups excluding carboxylic acids is 1. The Morgan fingerprint density at radius 2 is 2.12 bits per heavy atom.